The first kappa shape index (κ1) is 12.5. The van der Waals surface area contributed by atoms with Gasteiger partial charge < -0.3 is 5.73 Å². The summed E-state index contributed by atoms with van der Waals surface area (Å²) in [5.41, 5.74) is 7.47. The van der Waals surface area contributed by atoms with Gasteiger partial charge in [-0.1, -0.05) is 43.7 Å². The summed E-state index contributed by atoms with van der Waals surface area (Å²) in [6.07, 6.45) is 3.09. The Kier molecular flexibility index (Phi) is 5.74. The van der Waals surface area contributed by atoms with E-state index in [1.165, 1.54) is 5.56 Å². The molecular weight excluding hydrogens is 206 g/mol. The fourth-order valence-corrected chi connectivity index (χ4v) is 2.13. The molecule has 2 heteroatoms. The summed E-state index contributed by atoms with van der Waals surface area (Å²) in [7, 11) is 0. The van der Waals surface area contributed by atoms with Crippen molar-refractivity contribution < 1.29 is 0 Å². The Morgan fingerprint density at radius 1 is 1.27 bits per heavy atom. The summed E-state index contributed by atoms with van der Waals surface area (Å²) < 4.78 is 0. The van der Waals surface area contributed by atoms with Crippen LogP contribution in [0.4, 0.5) is 0 Å². The molecular formula is C13H20ClN. The molecule has 0 aliphatic rings. The molecule has 0 aliphatic heterocycles. The highest BCUT2D eigenvalue weighted by Crippen LogP contribution is 2.17. The zero-order valence-corrected chi connectivity index (χ0v) is 10.1. The maximum absolute atomic E-state index is 6.10. The van der Waals surface area contributed by atoms with Gasteiger partial charge in [-0.3, -0.25) is 0 Å². The standard InChI is InChI=1S/C13H20ClN/c1-2-12(13(15)8-9-14)10-11-6-4-3-5-7-11/h3-7,12-13H,2,8-10,15H2,1H3. The van der Waals surface area contributed by atoms with Crippen LogP contribution >= 0.6 is 11.6 Å². The van der Waals surface area contributed by atoms with Gasteiger partial charge in [0.1, 0.15) is 0 Å². The van der Waals surface area contributed by atoms with Gasteiger partial charge in [0.05, 0.1) is 0 Å². The molecule has 0 radical (unpaired) electrons. The molecule has 0 amide bonds. The van der Waals surface area contributed by atoms with Crippen molar-refractivity contribution in [2.24, 2.45) is 11.7 Å². The van der Waals surface area contributed by atoms with Gasteiger partial charge in [0.25, 0.3) is 0 Å². The van der Waals surface area contributed by atoms with E-state index >= 15 is 0 Å². The average molecular weight is 226 g/mol. The van der Waals surface area contributed by atoms with Crippen molar-refractivity contribution in [2.45, 2.75) is 32.2 Å². The lowest BCUT2D eigenvalue weighted by Gasteiger charge is -2.21. The van der Waals surface area contributed by atoms with Gasteiger partial charge in [0, 0.05) is 11.9 Å². The van der Waals surface area contributed by atoms with E-state index in [4.69, 9.17) is 17.3 Å². The molecule has 2 N–H and O–H groups in total. The van der Waals surface area contributed by atoms with Crippen LogP contribution in [0.3, 0.4) is 0 Å². The van der Waals surface area contributed by atoms with Crippen LogP contribution < -0.4 is 5.73 Å². The summed E-state index contributed by atoms with van der Waals surface area (Å²) in [6.45, 7) is 2.20. The molecule has 15 heavy (non-hydrogen) atoms. The van der Waals surface area contributed by atoms with Gasteiger partial charge in [-0.15, -0.1) is 11.6 Å². The first-order valence-electron chi connectivity index (χ1n) is 5.63. The molecule has 0 saturated carbocycles. The normalized spacial score (nSPS) is 14.9. The Balaban J connectivity index is 2.53. The van der Waals surface area contributed by atoms with Gasteiger partial charge >= 0.3 is 0 Å². The molecule has 84 valence electrons. The van der Waals surface area contributed by atoms with E-state index in [0.717, 1.165) is 19.3 Å². The van der Waals surface area contributed by atoms with Crippen LogP contribution in [0.1, 0.15) is 25.3 Å². The highest BCUT2D eigenvalue weighted by Gasteiger charge is 2.15. The molecule has 0 heterocycles. The van der Waals surface area contributed by atoms with E-state index in [0.29, 0.717) is 11.8 Å². The fraction of sp³-hybridized carbons (Fsp3) is 0.538. The Morgan fingerprint density at radius 2 is 1.93 bits per heavy atom. The predicted octanol–water partition coefficient (Wildman–Crippen LogP) is 3.21. The van der Waals surface area contributed by atoms with Gasteiger partial charge in [-0.05, 0) is 24.3 Å². The number of halogens is 1. The summed E-state index contributed by atoms with van der Waals surface area (Å²) in [5.74, 6) is 1.21. The Bertz CT molecular complexity index is 260. The molecule has 1 rings (SSSR count). The smallest absolute Gasteiger partial charge is 0.0238 e. The van der Waals surface area contributed by atoms with Crippen LogP contribution in [-0.2, 0) is 6.42 Å². The van der Waals surface area contributed by atoms with E-state index in [1.54, 1.807) is 0 Å². The molecule has 0 saturated heterocycles. The van der Waals surface area contributed by atoms with Gasteiger partial charge in [-0.25, -0.2) is 0 Å². The third-order valence-electron chi connectivity index (χ3n) is 2.91. The van der Waals surface area contributed by atoms with Crippen molar-refractivity contribution >= 4 is 11.6 Å². The third kappa shape index (κ3) is 4.23. The minimum atomic E-state index is 0.229. The van der Waals surface area contributed by atoms with Crippen LogP contribution in [0.2, 0.25) is 0 Å². The minimum Gasteiger partial charge on any atom is -0.327 e. The first-order valence-corrected chi connectivity index (χ1v) is 6.16. The second-order valence-corrected chi connectivity index (χ2v) is 4.38. The summed E-state index contributed by atoms with van der Waals surface area (Å²) in [6, 6.07) is 10.8. The molecule has 0 bridgehead atoms. The van der Waals surface area contributed by atoms with Gasteiger partial charge in [0.2, 0.25) is 0 Å². The first-order chi connectivity index (χ1) is 7.27. The van der Waals surface area contributed by atoms with Crippen LogP contribution in [-0.4, -0.2) is 11.9 Å². The van der Waals surface area contributed by atoms with E-state index in [1.807, 2.05) is 6.07 Å². The summed E-state index contributed by atoms with van der Waals surface area (Å²) in [5, 5.41) is 0. The molecule has 0 aliphatic carbocycles. The quantitative estimate of drug-likeness (QED) is 0.740. The van der Waals surface area contributed by atoms with Crippen molar-refractivity contribution in [2.75, 3.05) is 5.88 Å². The fourth-order valence-electron chi connectivity index (χ4n) is 1.88. The molecule has 0 fully saturated rings. The Morgan fingerprint density at radius 3 is 2.47 bits per heavy atom. The monoisotopic (exact) mass is 225 g/mol. The maximum atomic E-state index is 6.10. The number of nitrogens with two attached hydrogens (primary N) is 1. The summed E-state index contributed by atoms with van der Waals surface area (Å²) in [4.78, 5) is 0. The molecule has 2 atom stereocenters. The van der Waals surface area contributed by atoms with Crippen molar-refractivity contribution in [3.8, 4) is 0 Å². The number of alkyl halides is 1. The topological polar surface area (TPSA) is 26.0 Å². The number of benzene rings is 1. The number of rotatable bonds is 6. The largest absolute Gasteiger partial charge is 0.327 e. The van der Waals surface area contributed by atoms with E-state index < -0.39 is 0 Å². The molecule has 0 spiro atoms. The van der Waals surface area contributed by atoms with Crippen LogP contribution in [0.5, 0.6) is 0 Å². The second-order valence-electron chi connectivity index (χ2n) is 4.00. The number of hydrogen-bond acceptors (Lipinski definition) is 1. The molecule has 2 unspecified atom stereocenters. The average Bonchev–Trinajstić information content (AvgIpc) is 2.27. The second kappa shape index (κ2) is 6.86. The summed E-state index contributed by atoms with van der Waals surface area (Å²) >= 11 is 5.72. The SMILES string of the molecule is CCC(Cc1ccccc1)C(N)CCCl. The van der Waals surface area contributed by atoms with Crippen molar-refractivity contribution in [3.63, 3.8) is 0 Å². The predicted molar refractivity (Wildman–Crippen MR) is 67.2 cm³/mol. The maximum Gasteiger partial charge on any atom is 0.0238 e. The van der Waals surface area contributed by atoms with Crippen LogP contribution in [0.15, 0.2) is 30.3 Å². The Hall–Kier alpha value is -0.530. The lowest BCUT2D eigenvalue weighted by Crippen LogP contribution is -2.31. The molecule has 0 aromatic heterocycles. The number of hydrogen-bond donors (Lipinski definition) is 1. The zero-order valence-electron chi connectivity index (χ0n) is 9.33. The van der Waals surface area contributed by atoms with Crippen LogP contribution in [0, 0.1) is 5.92 Å². The lowest BCUT2D eigenvalue weighted by molar-refractivity contribution is 0.397. The van der Waals surface area contributed by atoms with Crippen molar-refractivity contribution in [1.82, 2.24) is 0 Å². The van der Waals surface area contributed by atoms with E-state index in [2.05, 4.69) is 31.2 Å². The molecule has 1 aromatic carbocycles. The van der Waals surface area contributed by atoms with Gasteiger partial charge in [0.15, 0.2) is 0 Å². The highest BCUT2D eigenvalue weighted by atomic mass is 35.5. The Labute approximate surface area is 97.6 Å². The molecule has 1 aromatic rings. The van der Waals surface area contributed by atoms with E-state index in [-0.39, 0.29) is 6.04 Å². The third-order valence-corrected chi connectivity index (χ3v) is 3.13. The lowest BCUT2D eigenvalue weighted by atomic mass is 9.89. The zero-order chi connectivity index (χ0) is 11.1. The van der Waals surface area contributed by atoms with Gasteiger partial charge in [-0.2, -0.15) is 0 Å². The minimum absolute atomic E-state index is 0.229. The van der Waals surface area contributed by atoms with E-state index in [9.17, 15) is 0 Å². The van der Waals surface area contributed by atoms with Crippen LogP contribution in [0.25, 0.3) is 0 Å². The highest BCUT2D eigenvalue weighted by molar-refractivity contribution is 6.17. The van der Waals surface area contributed by atoms with Crippen molar-refractivity contribution in [3.05, 3.63) is 35.9 Å². The molecule has 1 nitrogen and oxygen atoms in total. The van der Waals surface area contributed by atoms with Crippen molar-refractivity contribution in [1.29, 1.82) is 0 Å².